The Kier molecular flexibility index (Phi) is 3.61. The maximum Gasteiger partial charge on any atom is 0.179 e. The summed E-state index contributed by atoms with van der Waals surface area (Å²) in [6, 6.07) is 3.51. The van der Waals surface area contributed by atoms with Crippen LogP contribution in [0.15, 0.2) is 18.3 Å². The molecule has 0 fully saturated rings. The van der Waals surface area contributed by atoms with E-state index in [1.54, 1.807) is 18.3 Å². The molecule has 16 heavy (non-hydrogen) atoms. The highest BCUT2D eigenvalue weighted by atomic mass is 127. The third-order valence-electron chi connectivity index (χ3n) is 1.93. The topological polar surface area (TPSA) is 38.7 Å². The SMILES string of the molecule is Cc1nc(-c2ccc(Cl)cn2)nc(Cl)c1I. The van der Waals surface area contributed by atoms with Gasteiger partial charge in [-0.3, -0.25) is 4.98 Å². The van der Waals surface area contributed by atoms with Crippen LogP contribution in [0.3, 0.4) is 0 Å². The summed E-state index contributed by atoms with van der Waals surface area (Å²) in [5.41, 5.74) is 1.50. The van der Waals surface area contributed by atoms with Crippen LogP contribution in [0.25, 0.3) is 11.5 Å². The number of nitrogens with zero attached hydrogens (tertiary/aromatic N) is 3. The van der Waals surface area contributed by atoms with Crippen molar-refractivity contribution in [2.75, 3.05) is 0 Å². The van der Waals surface area contributed by atoms with Crippen molar-refractivity contribution in [3.63, 3.8) is 0 Å². The minimum Gasteiger partial charge on any atom is -0.251 e. The lowest BCUT2D eigenvalue weighted by Crippen LogP contribution is -1.97. The van der Waals surface area contributed by atoms with Gasteiger partial charge >= 0.3 is 0 Å². The largest absolute Gasteiger partial charge is 0.251 e. The standard InChI is InChI=1S/C10H6Cl2IN3/c1-5-8(13)9(12)16-10(15-5)7-3-2-6(11)4-14-7/h2-4H,1H3. The molecule has 2 aromatic heterocycles. The summed E-state index contributed by atoms with van der Waals surface area (Å²) in [6.07, 6.45) is 1.56. The molecule has 82 valence electrons. The Balaban J connectivity index is 2.52. The fourth-order valence-corrected chi connectivity index (χ4v) is 1.72. The average Bonchev–Trinajstić information content (AvgIpc) is 2.26. The molecule has 2 heterocycles. The van der Waals surface area contributed by atoms with E-state index in [1.807, 2.05) is 6.92 Å². The van der Waals surface area contributed by atoms with Gasteiger partial charge in [-0.15, -0.1) is 0 Å². The summed E-state index contributed by atoms with van der Waals surface area (Å²) in [4.78, 5) is 12.6. The van der Waals surface area contributed by atoms with E-state index in [9.17, 15) is 0 Å². The summed E-state index contributed by atoms with van der Waals surface area (Å²) in [5, 5.41) is 1.02. The molecule has 0 atom stereocenters. The van der Waals surface area contributed by atoms with Gasteiger partial charge in [0.05, 0.1) is 14.3 Å². The van der Waals surface area contributed by atoms with Gasteiger partial charge in [0.1, 0.15) is 10.8 Å². The van der Waals surface area contributed by atoms with E-state index in [-0.39, 0.29) is 0 Å². The van der Waals surface area contributed by atoms with Crippen molar-refractivity contribution >= 4 is 45.8 Å². The lowest BCUT2D eigenvalue weighted by Gasteiger charge is -2.04. The molecule has 0 aliphatic heterocycles. The van der Waals surface area contributed by atoms with Crippen molar-refractivity contribution < 1.29 is 0 Å². The first-order valence-corrected chi connectivity index (χ1v) is 6.23. The number of aryl methyl sites for hydroxylation is 1. The zero-order chi connectivity index (χ0) is 11.7. The van der Waals surface area contributed by atoms with Crippen LogP contribution in [-0.4, -0.2) is 15.0 Å². The molecule has 0 aromatic carbocycles. The molecule has 0 saturated carbocycles. The van der Waals surface area contributed by atoms with Crippen molar-refractivity contribution in [2.45, 2.75) is 6.92 Å². The summed E-state index contributed by atoms with van der Waals surface area (Å²) in [5.74, 6) is 0.514. The summed E-state index contributed by atoms with van der Waals surface area (Å²) in [6.45, 7) is 1.88. The number of halogens is 3. The Morgan fingerprint density at radius 3 is 2.50 bits per heavy atom. The summed E-state index contributed by atoms with van der Waals surface area (Å²) in [7, 11) is 0. The predicted octanol–water partition coefficient (Wildman–Crippen LogP) is 3.76. The summed E-state index contributed by atoms with van der Waals surface area (Å²) >= 11 is 13.9. The smallest absolute Gasteiger partial charge is 0.179 e. The van der Waals surface area contributed by atoms with Crippen LogP contribution in [0.4, 0.5) is 0 Å². The fraction of sp³-hybridized carbons (Fsp3) is 0.100. The number of hydrogen-bond donors (Lipinski definition) is 0. The molecular weight excluding hydrogens is 360 g/mol. The van der Waals surface area contributed by atoms with Gasteiger partial charge in [-0.2, -0.15) is 0 Å². The van der Waals surface area contributed by atoms with Crippen LogP contribution in [0, 0.1) is 10.5 Å². The second-order valence-corrected chi connectivity index (χ2v) is 4.97. The monoisotopic (exact) mass is 365 g/mol. The number of hydrogen-bond acceptors (Lipinski definition) is 3. The second-order valence-electron chi connectivity index (χ2n) is 3.10. The van der Waals surface area contributed by atoms with Crippen LogP contribution >= 0.6 is 45.8 Å². The fourth-order valence-electron chi connectivity index (χ4n) is 1.15. The van der Waals surface area contributed by atoms with E-state index in [0.29, 0.717) is 21.7 Å². The zero-order valence-corrected chi connectivity index (χ0v) is 11.9. The first-order valence-electron chi connectivity index (χ1n) is 4.39. The second kappa shape index (κ2) is 4.81. The molecule has 0 bridgehead atoms. The van der Waals surface area contributed by atoms with E-state index in [4.69, 9.17) is 23.2 Å². The van der Waals surface area contributed by atoms with Gasteiger partial charge in [0.15, 0.2) is 5.82 Å². The van der Waals surface area contributed by atoms with Gasteiger partial charge in [-0.25, -0.2) is 9.97 Å². The zero-order valence-electron chi connectivity index (χ0n) is 8.21. The number of rotatable bonds is 1. The van der Waals surface area contributed by atoms with E-state index in [1.165, 1.54) is 0 Å². The van der Waals surface area contributed by atoms with Crippen molar-refractivity contribution in [3.05, 3.63) is 37.8 Å². The van der Waals surface area contributed by atoms with E-state index >= 15 is 0 Å². The molecule has 0 amide bonds. The van der Waals surface area contributed by atoms with Crippen molar-refractivity contribution in [1.82, 2.24) is 15.0 Å². The van der Waals surface area contributed by atoms with E-state index in [0.717, 1.165) is 9.26 Å². The molecule has 0 aliphatic carbocycles. The third kappa shape index (κ3) is 2.44. The lowest BCUT2D eigenvalue weighted by atomic mass is 10.3. The first-order chi connectivity index (χ1) is 7.58. The maximum absolute atomic E-state index is 5.99. The van der Waals surface area contributed by atoms with Crippen LogP contribution in [0.2, 0.25) is 10.2 Å². The Hall–Kier alpha value is -0.460. The van der Waals surface area contributed by atoms with Crippen LogP contribution in [0.5, 0.6) is 0 Å². The quantitative estimate of drug-likeness (QED) is 0.570. The minimum atomic E-state index is 0.444. The van der Waals surface area contributed by atoms with E-state index < -0.39 is 0 Å². The normalized spacial score (nSPS) is 10.5. The highest BCUT2D eigenvalue weighted by Gasteiger charge is 2.09. The number of pyridine rings is 1. The molecule has 0 unspecified atom stereocenters. The lowest BCUT2D eigenvalue weighted by molar-refractivity contribution is 1.07. The average molecular weight is 366 g/mol. The first kappa shape index (κ1) is 12.0. The Labute approximate surface area is 116 Å². The highest BCUT2D eigenvalue weighted by Crippen LogP contribution is 2.22. The molecule has 6 heteroatoms. The molecule has 2 rings (SSSR count). The molecule has 0 aliphatic rings. The molecular formula is C10H6Cl2IN3. The molecule has 0 radical (unpaired) electrons. The third-order valence-corrected chi connectivity index (χ3v) is 4.04. The molecule has 0 N–H and O–H groups in total. The van der Waals surface area contributed by atoms with Crippen LogP contribution in [-0.2, 0) is 0 Å². The van der Waals surface area contributed by atoms with Gasteiger partial charge in [-0.05, 0) is 41.6 Å². The van der Waals surface area contributed by atoms with E-state index in [2.05, 4.69) is 37.5 Å². The van der Waals surface area contributed by atoms with Crippen molar-refractivity contribution in [3.8, 4) is 11.5 Å². The maximum atomic E-state index is 5.99. The summed E-state index contributed by atoms with van der Waals surface area (Å²) < 4.78 is 0.858. The van der Waals surface area contributed by atoms with Gasteiger partial charge < -0.3 is 0 Å². The molecule has 3 nitrogen and oxygen atoms in total. The highest BCUT2D eigenvalue weighted by molar-refractivity contribution is 14.1. The van der Waals surface area contributed by atoms with Gasteiger partial charge in [0.25, 0.3) is 0 Å². The molecule has 2 aromatic rings. The minimum absolute atomic E-state index is 0.444. The van der Waals surface area contributed by atoms with Gasteiger partial charge in [0, 0.05) is 6.20 Å². The van der Waals surface area contributed by atoms with Gasteiger partial charge in [0.2, 0.25) is 0 Å². The number of aromatic nitrogens is 3. The van der Waals surface area contributed by atoms with Crippen molar-refractivity contribution in [2.24, 2.45) is 0 Å². The van der Waals surface area contributed by atoms with Crippen LogP contribution < -0.4 is 0 Å². The Morgan fingerprint density at radius 2 is 1.94 bits per heavy atom. The Bertz CT molecular complexity index is 505. The van der Waals surface area contributed by atoms with Crippen LogP contribution in [0.1, 0.15) is 5.69 Å². The van der Waals surface area contributed by atoms with Gasteiger partial charge in [-0.1, -0.05) is 23.2 Å². The molecule has 0 saturated heterocycles. The molecule has 0 spiro atoms. The Morgan fingerprint density at radius 1 is 1.19 bits per heavy atom. The van der Waals surface area contributed by atoms with Crippen molar-refractivity contribution in [1.29, 1.82) is 0 Å². The predicted molar refractivity (Wildman–Crippen MR) is 72.7 cm³/mol.